The van der Waals surface area contributed by atoms with E-state index in [1.807, 2.05) is 30.3 Å². The number of alkyl carbamates (subject to hydrolysis) is 1. The summed E-state index contributed by atoms with van der Waals surface area (Å²) in [6, 6.07) is 21.7. The van der Waals surface area contributed by atoms with Crippen molar-refractivity contribution in [2.75, 3.05) is 7.11 Å². The molecule has 0 unspecified atom stereocenters. The second-order valence-electron chi connectivity index (χ2n) is 13.1. The number of nitrogens with zero attached hydrogens (tertiary/aromatic N) is 1. The zero-order valence-corrected chi connectivity index (χ0v) is 29.1. The third-order valence-electron chi connectivity index (χ3n) is 8.38. The predicted molar refractivity (Wildman–Crippen MR) is 183 cm³/mol. The van der Waals surface area contributed by atoms with Crippen LogP contribution in [0.1, 0.15) is 61.9 Å². The van der Waals surface area contributed by atoms with Crippen molar-refractivity contribution in [1.82, 2.24) is 21.1 Å². The van der Waals surface area contributed by atoms with Crippen molar-refractivity contribution in [2.24, 2.45) is 5.41 Å². The van der Waals surface area contributed by atoms with E-state index >= 15 is 0 Å². The Balaban J connectivity index is 1.58. The first-order chi connectivity index (χ1) is 22.7. The topological polar surface area (TPSA) is 157 Å². The Morgan fingerprint density at radius 3 is 2.25 bits per heavy atom. The maximum atomic E-state index is 13.9. The minimum Gasteiger partial charge on any atom is -0.453 e. The summed E-state index contributed by atoms with van der Waals surface area (Å²) in [4.78, 5) is 53.4. The molecule has 1 aliphatic rings. The fraction of sp³-hybridized carbons (Fsp3) is 0.389. The van der Waals surface area contributed by atoms with Gasteiger partial charge >= 0.3 is 6.09 Å². The van der Waals surface area contributed by atoms with Gasteiger partial charge in [0.15, 0.2) is 0 Å². The highest BCUT2D eigenvalue weighted by molar-refractivity contribution is 9.10. The lowest BCUT2D eigenvalue weighted by molar-refractivity contribution is -0.148. The van der Waals surface area contributed by atoms with Crippen LogP contribution in [-0.2, 0) is 38.5 Å². The first kappa shape index (κ1) is 36.6. The van der Waals surface area contributed by atoms with Gasteiger partial charge in [-0.05, 0) is 46.2 Å². The van der Waals surface area contributed by atoms with E-state index in [4.69, 9.17) is 4.74 Å². The predicted octanol–water partition coefficient (Wildman–Crippen LogP) is 4.11. The Morgan fingerprint density at radius 2 is 1.60 bits per heavy atom. The van der Waals surface area contributed by atoms with Gasteiger partial charge in [0.25, 0.3) is 11.8 Å². The molecule has 0 fully saturated rings. The van der Waals surface area contributed by atoms with Crippen LogP contribution in [0.25, 0.3) is 0 Å². The number of carbonyl (C=O) groups excluding carboxylic acids is 4. The van der Waals surface area contributed by atoms with Crippen LogP contribution in [0.4, 0.5) is 4.79 Å². The molecule has 1 aliphatic carbocycles. The Bertz CT molecular complexity index is 1600. The van der Waals surface area contributed by atoms with Gasteiger partial charge in [-0.2, -0.15) is 0 Å². The number of hydrazine groups is 1. The molecule has 0 aliphatic heterocycles. The van der Waals surface area contributed by atoms with E-state index in [0.717, 1.165) is 20.6 Å². The maximum absolute atomic E-state index is 13.9. The summed E-state index contributed by atoms with van der Waals surface area (Å²) in [6.07, 6.45) is -2.01. The molecular formula is C36H43BrN4O7. The molecule has 0 saturated heterocycles. The average Bonchev–Trinajstić information content (AvgIpc) is 3.37. The van der Waals surface area contributed by atoms with E-state index < -0.39 is 53.0 Å². The van der Waals surface area contributed by atoms with Crippen molar-refractivity contribution in [3.63, 3.8) is 0 Å². The fourth-order valence-electron chi connectivity index (χ4n) is 5.70. The SMILES string of the molecule is COC(=O)N[C@H](C(=O)NN(Cc1ccc(Br)cc1)C(=O)CC[C@@](O)(Cc1ccccc1)C(=O)N[C@H]1c2ccccc2C[C@H]1O)C(C)(C)C. The molecule has 0 radical (unpaired) electrons. The maximum Gasteiger partial charge on any atom is 0.407 e. The number of carbonyl (C=O) groups is 4. The minimum atomic E-state index is -2.04. The second kappa shape index (κ2) is 15.8. The lowest BCUT2D eigenvalue weighted by atomic mass is 9.86. The number of halogens is 1. The number of hydrogen-bond acceptors (Lipinski definition) is 7. The van der Waals surface area contributed by atoms with Gasteiger partial charge in [0.1, 0.15) is 11.6 Å². The summed E-state index contributed by atoms with van der Waals surface area (Å²) in [5.41, 5.74) is 2.93. The lowest BCUT2D eigenvalue weighted by Crippen LogP contribution is -2.58. The molecule has 11 nitrogen and oxygen atoms in total. The van der Waals surface area contributed by atoms with Crippen molar-refractivity contribution in [3.05, 3.63) is 106 Å². The van der Waals surface area contributed by atoms with Crippen molar-refractivity contribution < 1.29 is 34.1 Å². The van der Waals surface area contributed by atoms with E-state index in [1.54, 1.807) is 69.3 Å². The highest BCUT2D eigenvalue weighted by Gasteiger charge is 2.41. The first-order valence-electron chi connectivity index (χ1n) is 15.7. The number of aliphatic hydroxyl groups excluding tert-OH is 1. The monoisotopic (exact) mass is 722 g/mol. The second-order valence-corrected chi connectivity index (χ2v) is 14.0. The molecule has 4 rings (SSSR count). The van der Waals surface area contributed by atoms with E-state index in [-0.39, 0.29) is 25.8 Å². The smallest absolute Gasteiger partial charge is 0.407 e. The number of rotatable bonds is 11. The first-order valence-corrected chi connectivity index (χ1v) is 16.5. The van der Waals surface area contributed by atoms with Crippen LogP contribution in [0.3, 0.4) is 0 Å². The molecule has 0 bridgehead atoms. The summed E-state index contributed by atoms with van der Waals surface area (Å²) in [5, 5.41) is 29.3. The summed E-state index contributed by atoms with van der Waals surface area (Å²) < 4.78 is 5.54. The number of fused-ring (bicyclic) bond motifs is 1. The third-order valence-corrected chi connectivity index (χ3v) is 8.91. The van der Waals surface area contributed by atoms with Gasteiger partial charge in [-0.3, -0.25) is 19.8 Å². The number of aliphatic hydroxyl groups is 2. The Hall–Kier alpha value is -4.26. The molecule has 4 amide bonds. The van der Waals surface area contributed by atoms with Crippen LogP contribution in [0.15, 0.2) is 83.3 Å². The zero-order valence-electron chi connectivity index (χ0n) is 27.5. The molecule has 0 heterocycles. The van der Waals surface area contributed by atoms with E-state index in [9.17, 15) is 29.4 Å². The Kier molecular flexibility index (Phi) is 12.0. The summed E-state index contributed by atoms with van der Waals surface area (Å²) in [6.45, 7) is 5.25. The molecular weight excluding hydrogens is 680 g/mol. The fourth-order valence-corrected chi connectivity index (χ4v) is 5.96. The Morgan fingerprint density at radius 1 is 0.958 bits per heavy atom. The quantitative estimate of drug-likeness (QED) is 0.187. The molecule has 256 valence electrons. The van der Waals surface area contributed by atoms with Crippen LogP contribution in [0.5, 0.6) is 0 Å². The minimum absolute atomic E-state index is 0.0265. The van der Waals surface area contributed by atoms with Gasteiger partial charge < -0.3 is 25.6 Å². The summed E-state index contributed by atoms with van der Waals surface area (Å²) in [5.74, 6) is -1.94. The number of nitrogens with one attached hydrogen (secondary N) is 3. The van der Waals surface area contributed by atoms with E-state index in [0.29, 0.717) is 17.5 Å². The standard InChI is InChI=1S/C36H43BrN4O7/c1-35(2,3)31(39-34(46)48-4)32(44)40-41(22-24-14-16-26(37)17-15-24)29(43)18-19-36(47,21-23-10-6-5-7-11-23)33(45)38-30-27-13-9-8-12-25(27)20-28(30)42/h5-17,28,30-31,42,47H,18-22H2,1-4H3,(H,38,45)(H,39,46)(H,40,44)/t28-,30+,31-,36-/m1/s1. The highest BCUT2D eigenvalue weighted by Crippen LogP contribution is 2.32. The molecule has 0 saturated carbocycles. The molecule has 48 heavy (non-hydrogen) atoms. The van der Waals surface area contributed by atoms with Gasteiger partial charge in [0, 0.05) is 23.7 Å². The van der Waals surface area contributed by atoms with E-state index in [1.165, 1.54) is 7.11 Å². The van der Waals surface area contributed by atoms with Gasteiger partial charge in [-0.15, -0.1) is 0 Å². The number of benzene rings is 3. The lowest BCUT2D eigenvalue weighted by Gasteiger charge is -2.33. The van der Waals surface area contributed by atoms with Gasteiger partial charge in [-0.25, -0.2) is 9.80 Å². The number of hydrogen-bond donors (Lipinski definition) is 5. The van der Waals surface area contributed by atoms with Crippen molar-refractivity contribution >= 4 is 39.7 Å². The van der Waals surface area contributed by atoms with Gasteiger partial charge in [-0.1, -0.05) is 103 Å². The molecule has 5 N–H and O–H groups in total. The molecule has 3 aromatic carbocycles. The molecule has 4 atom stereocenters. The van der Waals surface area contributed by atoms with Crippen LogP contribution in [-0.4, -0.2) is 63.9 Å². The van der Waals surface area contributed by atoms with Crippen LogP contribution >= 0.6 is 15.9 Å². The van der Waals surface area contributed by atoms with Crippen LogP contribution in [0, 0.1) is 5.41 Å². The number of ether oxygens (including phenoxy) is 1. The van der Waals surface area contributed by atoms with E-state index in [2.05, 4.69) is 32.0 Å². The number of amides is 4. The van der Waals surface area contributed by atoms with Gasteiger partial charge in [0.05, 0.1) is 25.8 Å². The summed E-state index contributed by atoms with van der Waals surface area (Å²) >= 11 is 3.40. The van der Waals surface area contributed by atoms with Crippen LogP contribution < -0.4 is 16.1 Å². The molecule has 12 heteroatoms. The largest absolute Gasteiger partial charge is 0.453 e. The molecule has 0 spiro atoms. The van der Waals surface area contributed by atoms with Crippen molar-refractivity contribution in [1.29, 1.82) is 0 Å². The molecule has 3 aromatic rings. The number of methoxy groups -OCH3 is 1. The van der Waals surface area contributed by atoms with Crippen molar-refractivity contribution in [2.45, 2.75) is 76.8 Å². The van der Waals surface area contributed by atoms with Crippen molar-refractivity contribution in [3.8, 4) is 0 Å². The average molecular weight is 724 g/mol. The zero-order chi connectivity index (χ0) is 35.1. The van der Waals surface area contributed by atoms with Crippen LogP contribution in [0.2, 0.25) is 0 Å². The van der Waals surface area contributed by atoms with Gasteiger partial charge in [0.2, 0.25) is 5.91 Å². The molecule has 0 aromatic heterocycles. The highest BCUT2D eigenvalue weighted by atomic mass is 79.9. The summed E-state index contributed by atoms with van der Waals surface area (Å²) in [7, 11) is 1.19. The third kappa shape index (κ3) is 9.42. The Labute approximate surface area is 289 Å². The normalized spacial score (nSPS) is 17.3.